The number of nitrogen functional groups attached to an aromatic ring is 1. The van der Waals surface area contributed by atoms with Gasteiger partial charge in [-0.05, 0) is 25.1 Å². The van der Waals surface area contributed by atoms with Gasteiger partial charge in [-0.3, -0.25) is 0 Å². The fourth-order valence-electron chi connectivity index (χ4n) is 1.35. The molecule has 0 saturated heterocycles. The zero-order chi connectivity index (χ0) is 12.6. The maximum absolute atomic E-state index is 13.2. The molecule has 2 aromatic rings. The number of anilines is 1. The molecule has 0 unspecified atom stereocenters. The highest BCUT2D eigenvalue weighted by Gasteiger charge is 2.11. The first kappa shape index (κ1) is 11.4. The van der Waals surface area contributed by atoms with Crippen LogP contribution in [0.2, 0.25) is 0 Å². The molecule has 1 heterocycles. The number of aryl methyl sites for hydroxylation is 1. The summed E-state index contributed by atoms with van der Waals surface area (Å²) in [7, 11) is 0. The van der Waals surface area contributed by atoms with E-state index >= 15 is 0 Å². The summed E-state index contributed by atoms with van der Waals surface area (Å²) in [5.41, 5.74) is 5.62. The lowest BCUT2D eigenvalue weighted by Gasteiger charge is -2.05. The van der Waals surface area contributed by atoms with E-state index in [-0.39, 0.29) is 22.9 Å². The predicted octanol–water partition coefficient (Wildman–Crippen LogP) is 2.45. The van der Waals surface area contributed by atoms with Crippen molar-refractivity contribution in [3.8, 4) is 11.4 Å². The average molecular weight is 239 g/mol. The summed E-state index contributed by atoms with van der Waals surface area (Å²) in [4.78, 5) is 7.50. The maximum atomic E-state index is 13.2. The molecule has 0 spiro atoms. The van der Waals surface area contributed by atoms with Crippen molar-refractivity contribution in [3.63, 3.8) is 0 Å². The lowest BCUT2D eigenvalue weighted by Crippen LogP contribution is -2.03. The lowest BCUT2D eigenvalue weighted by molar-refractivity contribution is 0.509. The predicted molar refractivity (Wildman–Crippen MR) is 56.5 cm³/mol. The third-order valence-corrected chi connectivity index (χ3v) is 2.22. The summed E-state index contributed by atoms with van der Waals surface area (Å²) < 4.78 is 38.9. The Labute approximate surface area is 95.1 Å². The maximum Gasteiger partial charge on any atom is 0.186 e. The Kier molecular flexibility index (Phi) is 2.71. The normalized spacial score (nSPS) is 10.6. The van der Waals surface area contributed by atoms with Crippen LogP contribution in [0.25, 0.3) is 11.4 Å². The minimum Gasteiger partial charge on any atom is -0.381 e. The number of nitrogens with zero attached hydrogens (tertiary/aromatic N) is 2. The van der Waals surface area contributed by atoms with E-state index in [9.17, 15) is 13.2 Å². The van der Waals surface area contributed by atoms with Gasteiger partial charge >= 0.3 is 0 Å². The van der Waals surface area contributed by atoms with Gasteiger partial charge in [-0.2, -0.15) is 0 Å². The van der Waals surface area contributed by atoms with Gasteiger partial charge < -0.3 is 5.73 Å². The molecule has 6 heteroatoms. The van der Waals surface area contributed by atoms with Gasteiger partial charge in [0.1, 0.15) is 0 Å². The number of aromatic nitrogens is 2. The highest BCUT2D eigenvalue weighted by molar-refractivity contribution is 5.57. The fourth-order valence-corrected chi connectivity index (χ4v) is 1.35. The smallest absolute Gasteiger partial charge is 0.186 e. The Morgan fingerprint density at radius 2 is 1.76 bits per heavy atom. The molecule has 0 fully saturated rings. The average Bonchev–Trinajstić information content (AvgIpc) is 2.29. The lowest BCUT2D eigenvalue weighted by atomic mass is 10.2. The molecule has 0 aliphatic heterocycles. The first-order valence-electron chi connectivity index (χ1n) is 4.74. The number of benzene rings is 1. The molecule has 0 aliphatic rings. The topological polar surface area (TPSA) is 51.8 Å². The summed E-state index contributed by atoms with van der Waals surface area (Å²) in [5.74, 6) is -2.97. The number of hydrogen-bond donors (Lipinski definition) is 1. The molecular formula is C11H8F3N3. The van der Waals surface area contributed by atoms with Crippen LogP contribution in [0.15, 0.2) is 18.2 Å². The van der Waals surface area contributed by atoms with Crippen molar-refractivity contribution in [1.82, 2.24) is 9.97 Å². The summed E-state index contributed by atoms with van der Waals surface area (Å²) in [6.45, 7) is 1.41. The van der Waals surface area contributed by atoms with Crippen LogP contribution in [-0.2, 0) is 0 Å². The minimum absolute atomic E-state index is 0.0530. The van der Waals surface area contributed by atoms with Crippen LogP contribution in [0.5, 0.6) is 0 Å². The van der Waals surface area contributed by atoms with Crippen molar-refractivity contribution in [2.75, 3.05) is 5.73 Å². The van der Waals surface area contributed by atoms with Gasteiger partial charge in [0, 0.05) is 5.56 Å². The molecular weight excluding hydrogens is 231 g/mol. The second-order valence-corrected chi connectivity index (χ2v) is 3.46. The van der Waals surface area contributed by atoms with Gasteiger partial charge in [0.2, 0.25) is 0 Å². The van der Waals surface area contributed by atoms with E-state index < -0.39 is 17.5 Å². The van der Waals surface area contributed by atoms with Gasteiger partial charge in [0.05, 0.1) is 5.69 Å². The molecule has 0 amide bonds. The van der Waals surface area contributed by atoms with E-state index in [1.54, 1.807) is 0 Å². The SMILES string of the molecule is Cc1nc(-c2ccc(F)c(F)c2)nc(N)c1F. The van der Waals surface area contributed by atoms with Crippen LogP contribution >= 0.6 is 0 Å². The Bertz CT molecular complexity index is 561. The van der Waals surface area contributed by atoms with Crippen LogP contribution in [0.3, 0.4) is 0 Å². The molecule has 17 heavy (non-hydrogen) atoms. The van der Waals surface area contributed by atoms with Crippen LogP contribution < -0.4 is 5.73 Å². The van der Waals surface area contributed by atoms with Crippen molar-refractivity contribution in [2.45, 2.75) is 6.92 Å². The van der Waals surface area contributed by atoms with Crippen molar-refractivity contribution in [2.24, 2.45) is 0 Å². The molecule has 2 rings (SSSR count). The monoisotopic (exact) mass is 239 g/mol. The van der Waals surface area contributed by atoms with Gasteiger partial charge in [0.15, 0.2) is 29.1 Å². The zero-order valence-corrected chi connectivity index (χ0v) is 8.84. The summed E-state index contributed by atoms with van der Waals surface area (Å²) in [6, 6.07) is 3.18. The molecule has 0 atom stereocenters. The minimum atomic E-state index is -1.02. The summed E-state index contributed by atoms with van der Waals surface area (Å²) in [5, 5.41) is 0. The summed E-state index contributed by atoms with van der Waals surface area (Å²) in [6.07, 6.45) is 0. The Hall–Kier alpha value is -2.11. The van der Waals surface area contributed by atoms with Gasteiger partial charge in [-0.25, -0.2) is 23.1 Å². The molecule has 0 saturated carbocycles. The number of hydrogen-bond acceptors (Lipinski definition) is 3. The van der Waals surface area contributed by atoms with Crippen LogP contribution in [0, 0.1) is 24.4 Å². The number of halogens is 3. The van der Waals surface area contributed by atoms with E-state index in [1.165, 1.54) is 13.0 Å². The Balaban J connectivity index is 2.57. The largest absolute Gasteiger partial charge is 0.381 e. The van der Waals surface area contributed by atoms with Crippen LogP contribution in [0.4, 0.5) is 19.0 Å². The van der Waals surface area contributed by atoms with Crippen molar-refractivity contribution < 1.29 is 13.2 Å². The van der Waals surface area contributed by atoms with Crippen LogP contribution in [0.1, 0.15) is 5.69 Å². The van der Waals surface area contributed by atoms with E-state index in [0.29, 0.717) is 0 Å². The highest BCUT2D eigenvalue weighted by Crippen LogP contribution is 2.21. The molecule has 1 aromatic carbocycles. The molecule has 2 N–H and O–H groups in total. The second-order valence-electron chi connectivity index (χ2n) is 3.46. The molecule has 1 aromatic heterocycles. The molecule has 3 nitrogen and oxygen atoms in total. The number of nitrogens with two attached hydrogens (primary N) is 1. The quantitative estimate of drug-likeness (QED) is 0.831. The highest BCUT2D eigenvalue weighted by atomic mass is 19.2. The first-order valence-corrected chi connectivity index (χ1v) is 4.74. The molecule has 0 bridgehead atoms. The fraction of sp³-hybridized carbons (Fsp3) is 0.0909. The standard InChI is InChI=1S/C11H8F3N3/c1-5-9(14)10(15)17-11(16-5)6-2-3-7(12)8(13)4-6/h2-4H,1H3,(H2,15,16,17). The van der Waals surface area contributed by atoms with E-state index in [0.717, 1.165) is 12.1 Å². The van der Waals surface area contributed by atoms with Gasteiger partial charge in [-0.1, -0.05) is 0 Å². The third kappa shape index (κ3) is 2.06. The van der Waals surface area contributed by atoms with Crippen molar-refractivity contribution in [1.29, 1.82) is 0 Å². The second kappa shape index (κ2) is 4.04. The van der Waals surface area contributed by atoms with Crippen molar-refractivity contribution in [3.05, 3.63) is 41.3 Å². The number of rotatable bonds is 1. The third-order valence-electron chi connectivity index (χ3n) is 2.22. The first-order chi connectivity index (χ1) is 7.99. The van der Waals surface area contributed by atoms with Gasteiger partial charge in [0.25, 0.3) is 0 Å². The Morgan fingerprint density at radius 1 is 1.06 bits per heavy atom. The van der Waals surface area contributed by atoms with Gasteiger partial charge in [-0.15, -0.1) is 0 Å². The van der Waals surface area contributed by atoms with Crippen molar-refractivity contribution >= 4 is 5.82 Å². The van der Waals surface area contributed by atoms with E-state index in [1.807, 2.05) is 0 Å². The van der Waals surface area contributed by atoms with E-state index in [2.05, 4.69) is 9.97 Å². The van der Waals surface area contributed by atoms with Crippen LogP contribution in [-0.4, -0.2) is 9.97 Å². The molecule has 0 radical (unpaired) electrons. The molecule has 0 aliphatic carbocycles. The van der Waals surface area contributed by atoms with E-state index in [4.69, 9.17) is 5.73 Å². The summed E-state index contributed by atoms with van der Waals surface area (Å²) >= 11 is 0. The Morgan fingerprint density at radius 3 is 2.35 bits per heavy atom. The zero-order valence-electron chi connectivity index (χ0n) is 8.84. The molecule has 88 valence electrons.